The van der Waals surface area contributed by atoms with Crippen LogP contribution in [0.15, 0.2) is 18.3 Å². The summed E-state index contributed by atoms with van der Waals surface area (Å²) in [6.07, 6.45) is -1.66. The van der Waals surface area contributed by atoms with Gasteiger partial charge in [-0.15, -0.1) is 12.4 Å². The summed E-state index contributed by atoms with van der Waals surface area (Å²) in [4.78, 5) is 18.3. The lowest BCUT2D eigenvalue weighted by molar-refractivity contribution is -0.137. The van der Waals surface area contributed by atoms with Crippen molar-refractivity contribution in [2.45, 2.75) is 32.9 Å². The van der Waals surface area contributed by atoms with Crippen molar-refractivity contribution in [2.75, 3.05) is 24.5 Å². The topological polar surface area (TPSA) is 45.2 Å². The van der Waals surface area contributed by atoms with E-state index in [9.17, 15) is 18.0 Å². The maximum atomic E-state index is 12.9. The third-order valence-electron chi connectivity index (χ3n) is 5.48. The first-order valence-corrected chi connectivity index (χ1v) is 7.73. The van der Waals surface area contributed by atoms with Gasteiger partial charge >= 0.3 is 6.18 Å². The molecule has 3 rings (SSSR count). The molecule has 4 nitrogen and oxygen atoms in total. The number of piperidine rings is 1. The molecule has 2 fully saturated rings. The van der Waals surface area contributed by atoms with Crippen LogP contribution in [0.5, 0.6) is 0 Å². The van der Waals surface area contributed by atoms with Crippen LogP contribution in [0.1, 0.15) is 32.3 Å². The molecule has 1 aromatic rings. The van der Waals surface area contributed by atoms with E-state index in [1.54, 1.807) is 0 Å². The fourth-order valence-corrected chi connectivity index (χ4v) is 3.75. The van der Waals surface area contributed by atoms with Crippen LogP contribution < -0.4 is 10.2 Å². The second kappa shape index (κ2) is 6.19. The minimum atomic E-state index is -4.44. The van der Waals surface area contributed by atoms with E-state index in [0.717, 1.165) is 44.3 Å². The third-order valence-corrected chi connectivity index (χ3v) is 5.48. The monoisotopic (exact) mass is 363 g/mol. The third kappa shape index (κ3) is 2.88. The van der Waals surface area contributed by atoms with E-state index in [0.29, 0.717) is 6.54 Å². The average Bonchev–Trinajstić information content (AvgIpc) is 2.69. The number of aromatic nitrogens is 1. The van der Waals surface area contributed by atoms with E-state index in [2.05, 4.69) is 10.3 Å². The number of anilines is 1. The Morgan fingerprint density at radius 2 is 1.88 bits per heavy atom. The predicted molar refractivity (Wildman–Crippen MR) is 87.2 cm³/mol. The number of halogens is 4. The van der Waals surface area contributed by atoms with Gasteiger partial charge in [0.25, 0.3) is 0 Å². The minimum absolute atomic E-state index is 0. The molecule has 0 atom stereocenters. The first-order chi connectivity index (χ1) is 10.7. The molecule has 2 aliphatic rings. The van der Waals surface area contributed by atoms with Gasteiger partial charge in [0.2, 0.25) is 5.91 Å². The van der Waals surface area contributed by atoms with Crippen molar-refractivity contribution >= 4 is 24.1 Å². The number of hydrogen-bond donors (Lipinski definition) is 1. The highest BCUT2D eigenvalue weighted by Gasteiger charge is 2.58. The zero-order chi connectivity index (χ0) is 16.9. The molecule has 1 amide bonds. The van der Waals surface area contributed by atoms with Gasteiger partial charge in [-0.25, -0.2) is 4.98 Å². The Morgan fingerprint density at radius 3 is 2.46 bits per heavy atom. The van der Waals surface area contributed by atoms with Crippen molar-refractivity contribution < 1.29 is 18.0 Å². The molecular weight excluding hydrogens is 343 g/mol. The van der Waals surface area contributed by atoms with Gasteiger partial charge in [0.05, 0.1) is 11.0 Å². The molecule has 134 valence electrons. The lowest BCUT2D eigenvalue weighted by atomic mass is 9.63. The Balaban J connectivity index is 0.00000208. The maximum absolute atomic E-state index is 12.9. The fraction of sp³-hybridized carbons (Fsp3) is 0.625. The van der Waals surface area contributed by atoms with Crippen molar-refractivity contribution in [3.8, 4) is 0 Å². The summed E-state index contributed by atoms with van der Waals surface area (Å²) >= 11 is 0. The number of rotatable bonds is 1. The number of carbonyl (C=O) groups is 1. The Morgan fingerprint density at radius 1 is 1.25 bits per heavy atom. The van der Waals surface area contributed by atoms with Crippen LogP contribution in [0, 0.1) is 10.8 Å². The second-order valence-corrected chi connectivity index (χ2v) is 6.95. The van der Waals surface area contributed by atoms with Crippen LogP contribution in [-0.2, 0) is 11.0 Å². The molecule has 1 spiro atoms. The largest absolute Gasteiger partial charge is 0.416 e. The van der Waals surface area contributed by atoms with Crippen LogP contribution in [0.25, 0.3) is 0 Å². The minimum Gasteiger partial charge on any atom is -0.317 e. The standard InChI is InChI=1S/C16H20F3N3O.ClH/c1-14(2)13(23)22(10-15(14)4-7-20-8-5-15)12-9-11(3-6-21-12)16(17,18)19;/h3,6,9,20H,4-5,7-8,10H2,1-2H3;1H. The van der Waals surface area contributed by atoms with Crippen LogP contribution in [0.2, 0.25) is 0 Å². The molecule has 0 radical (unpaired) electrons. The molecule has 1 aromatic heterocycles. The van der Waals surface area contributed by atoms with Gasteiger partial charge in [0, 0.05) is 18.2 Å². The number of alkyl halides is 3. The highest BCUT2D eigenvalue weighted by molar-refractivity contribution is 5.99. The van der Waals surface area contributed by atoms with Crippen LogP contribution in [0.4, 0.5) is 19.0 Å². The normalized spacial score (nSPS) is 22.5. The van der Waals surface area contributed by atoms with Crippen LogP contribution in [0.3, 0.4) is 0 Å². The maximum Gasteiger partial charge on any atom is 0.416 e. The number of amides is 1. The average molecular weight is 364 g/mol. The summed E-state index contributed by atoms with van der Waals surface area (Å²) < 4.78 is 38.7. The summed E-state index contributed by atoms with van der Waals surface area (Å²) in [5.41, 5.74) is -1.60. The number of pyridine rings is 1. The van der Waals surface area contributed by atoms with Crippen LogP contribution in [-0.4, -0.2) is 30.5 Å². The van der Waals surface area contributed by atoms with Gasteiger partial charge in [0.1, 0.15) is 5.82 Å². The fourth-order valence-electron chi connectivity index (χ4n) is 3.75. The number of carbonyl (C=O) groups excluding carboxylic acids is 1. The summed E-state index contributed by atoms with van der Waals surface area (Å²) in [6.45, 7) is 5.86. The molecule has 0 aromatic carbocycles. The summed E-state index contributed by atoms with van der Waals surface area (Å²) in [5, 5.41) is 3.28. The lowest BCUT2D eigenvalue weighted by Gasteiger charge is -2.41. The Bertz CT molecular complexity index is 627. The molecule has 0 saturated carbocycles. The smallest absolute Gasteiger partial charge is 0.317 e. The van der Waals surface area contributed by atoms with Crippen molar-refractivity contribution in [1.82, 2.24) is 10.3 Å². The quantitative estimate of drug-likeness (QED) is 0.833. The highest BCUT2D eigenvalue weighted by atomic mass is 35.5. The van der Waals surface area contributed by atoms with E-state index in [4.69, 9.17) is 0 Å². The summed E-state index contributed by atoms with van der Waals surface area (Å²) in [7, 11) is 0. The Hall–Kier alpha value is -1.34. The molecule has 2 aliphatic heterocycles. The summed E-state index contributed by atoms with van der Waals surface area (Å²) in [6, 6.07) is 1.89. The number of nitrogens with zero attached hydrogens (tertiary/aromatic N) is 2. The second-order valence-electron chi connectivity index (χ2n) is 6.95. The molecule has 0 unspecified atom stereocenters. The van der Waals surface area contributed by atoms with Gasteiger partial charge in [0.15, 0.2) is 0 Å². The lowest BCUT2D eigenvalue weighted by Crippen LogP contribution is -2.46. The molecule has 3 heterocycles. The Kier molecular flexibility index (Phi) is 4.89. The van der Waals surface area contributed by atoms with E-state index in [1.807, 2.05) is 13.8 Å². The first kappa shape index (κ1) is 19.0. The SMILES string of the molecule is CC1(C)C(=O)N(c2cc(C(F)(F)F)ccn2)CC12CCNCC2.Cl. The van der Waals surface area contributed by atoms with Gasteiger partial charge in [-0.3, -0.25) is 9.69 Å². The first-order valence-electron chi connectivity index (χ1n) is 7.73. The molecule has 1 N–H and O–H groups in total. The molecular formula is C16H21ClF3N3O. The van der Waals surface area contributed by atoms with Gasteiger partial charge in [-0.2, -0.15) is 13.2 Å². The molecule has 0 aliphatic carbocycles. The van der Waals surface area contributed by atoms with Crippen molar-refractivity contribution in [3.63, 3.8) is 0 Å². The van der Waals surface area contributed by atoms with Crippen LogP contribution >= 0.6 is 12.4 Å². The van der Waals surface area contributed by atoms with Gasteiger partial charge in [-0.1, -0.05) is 13.8 Å². The van der Waals surface area contributed by atoms with Gasteiger partial charge in [-0.05, 0) is 38.1 Å². The van der Waals surface area contributed by atoms with Crippen molar-refractivity contribution in [1.29, 1.82) is 0 Å². The zero-order valence-electron chi connectivity index (χ0n) is 13.6. The van der Waals surface area contributed by atoms with E-state index in [1.165, 1.54) is 4.90 Å². The van der Waals surface area contributed by atoms with E-state index >= 15 is 0 Å². The predicted octanol–water partition coefficient (Wildman–Crippen LogP) is 3.26. The number of nitrogens with one attached hydrogen (secondary N) is 1. The zero-order valence-corrected chi connectivity index (χ0v) is 14.4. The number of hydrogen-bond acceptors (Lipinski definition) is 3. The summed E-state index contributed by atoms with van der Waals surface area (Å²) in [5.74, 6) is -0.0560. The van der Waals surface area contributed by atoms with Crippen molar-refractivity contribution in [3.05, 3.63) is 23.9 Å². The van der Waals surface area contributed by atoms with E-state index in [-0.39, 0.29) is 29.5 Å². The van der Waals surface area contributed by atoms with Crippen molar-refractivity contribution in [2.24, 2.45) is 10.8 Å². The molecule has 24 heavy (non-hydrogen) atoms. The highest BCUT2D eigenvalue weighted by Crippen LogP contribution is 2.53. The molecule has 2 saturated heterocycles. The van der Waals surface area contributed by atoms with E-state index < -0.39 is 17.2 Å². The molecule has 8 heteroatoms. The van der Waals surface area contributed by atoms with Gasteiger partial charge < -0.3 is 5.32 Å². The molecule has 0 bridgehead atoms. The Labute approximate surface area is 145 Å².